The van der Waals surface area contributed by atoms with Crippen molar-refractivity contribution in [3.05, 3.63) is 24.3 Å². The molecule has 3 nitrogen and oxygen atoms in total. The number of piperidine rings is 1. The Morgan fingerprint density at radius 2 is 2.13 bits per heavy atom. The fourth-order valence-corrected chi connectivity index (χ4v) is 1.96. The number of hydrogen-bond donors (Lipinski definition) is 3. The Hall–Kier alpha value is -1.22. The van der Waals surface area contributed by atoms with Crippen molar-refractivity contribution >= 4 is 5.69 Å². The smallest absolute Gasteiger partial charge is 0.117 e. The van der Waals surface area contributed by atoms with E-state index in [-0.39, 0.29) is 0 Å². The molecule has 0 spiro atoms. The Morgan fingerprint density at radius 3 is 2.87 bits per heavy atom. The minimum atomic E-state index is 0.324. The van der Waals surface area contributed by atoms with E-state index in [0.717, 1.165) is 31.2 Å². The molecule has 0 aliphatic carbocycles. The van der Waals surface area contributed by atoms with E-state index in [1.807, 2.05) is 12.1 Å². The fourth-order valence-electron chi connectivity index (χ4n) is 1.96. The third-order valence-electron chi connectivity index (χ3n) is 2.90. The molecule has 3 heteroatoms. The molecule has 1 heterocycles. The summed E-state index contributed by atoms with van der Waals surface area (Å²) in [6.07, 6.45) is 2.48. The molecule has 0 saturated carbocycles. The first-order chi connectivity index (χ1) is 7.34. The van der Waals surface area contributed by atoms with Gasteiger partial charge < -0.3 is 15.7 Å². The van der Waals surface area contributed by atoms with Gasteiger partial charge in [0, 0.05) is 18.3 Å². The van der Waals surface area contributed by atoms with Crippen LogP contribution in [-0.2, 0) is 0 Å². The van der Waals surface area contributed by atoms with Gasteiger partial charge in [0.1, 0.15) is 5.75 Å². The van der Waals surface area contributed by atoms with Crippen LogP contribution in [0.3, 0.4) is 0 Å². The lowest BCUT2D eigenvalue weighted by Gasteiger charge is -2.23. The molecule has 1 saturated heterocycles. The van der Waals surface area contributed by atoms with Gasteiger partial charge in [0.05, 0.1) is 0 Å². The Labute approximate surface area is 90.5 Å². The molecule has 0 bridgehead atoms. The number of hydrogen-bond acceptors (Lipinski definition) is 3. The quantitative estimate of drug-likeness (QED) is 0.706. The van der Waals surface area contributed by atoms with E-state index in [4.69, 9.17) is 0 Å². The van der Waals surface area contributed by atoms with Gasteiger partial charge in [-0.05, 0) is 44.0 Å². The van der Waals surface area contributed by atoms with Gasteiger partial charge in [0.15, 0.2) is 0 Å². The van der Waals surface area contributed by atoms with E-state index in [9.17, 15) is 5.11 Å². The molecular formula is C12H18N2O. The minimum absolute atomic E-state index is 0.324. The number of benzene rings is 1. The number of anilines is 1. The molecule has 3 N–H and O–H groups in total. The largest absolute Gasteiger partial charge is 0.508 e. The van der Waals surface area contributed by atoms with E-state index in [1.54, 1.807) is 12.1 Å². The topological polar surface area (TPSA) is 44.3 Å². The van der Waals surface area contributed by atoms with Crippen molar-refractivity contribution in [2.45, 2.75) is 12.8 Å². The first-order valence-electron chi connectivity index (χ1n) is 5.58. The van der Waals surface area contributed by atoms with Crippen LogP contribution in [0.25, 0.3) is 0 Å². The molecule has 82 valence electrons. The molecule has 15 heavy (non-hydrogen) atoms. The summed E-state index contributed by atoms with van der Waals surface area (Å²) in [5, 5.41) is 16.0. The summed E-state index contributed by atoms with van der Waals surface area (Å²) in [6.45, 7) is 3.27. The van der Waals surface area contributed by atoms with Gasteiger partial charge in [0.25, 0.3) is 0 Å². The van der Waals surface area contributed by atoms with Crippen LogP contribution in [0.5, 0.6) is 5.75 Å². The molecule has 1 aromatic carbocycles. The highest BCUT2D eigenvalue weighted by Gasteiger charge is 2.12. The van der Waals surface area contributed by atoms with E-state index < -0.39 is 0 Å². The maximum atomic E-state index is 9.30. The van der Waals surface area contributed by atoms with E-state index in [1.165, 1.54) is 12.8 Å². The van der Waals surface area contributed by atoms with Crippen molar-refractivity contribution in [3.8, 4) is 5.75 Å². The average Bonchev–Trinajstić information content (AvgIpc) is 2.28. The van der Waals surface area contributed by atoms with Gasteiger partial charge in [-0.15, -0.1) is 0 Å². The molecule has 1 aromatic rings. The van der Waals surface area contributed by atoms with Crippen LogP contribution in [0.2, 0.25) is 0 Å². The van der Waals surface area contributed by atoms with Gasteiger partial charge in [-0.2, -0.15) is 0 Å². The standard InChI is InChI=1S/C12H18N2O/c15-12-3-1-2-11(8-12)14-9-10-4-6-13-7-5-10/h1-3,8,10,13-15H,4-7,9H2. The Balaban J connectivity index is 1.81. The SMILES string of the molecule is Oc1cccc(NCC2CCNCC2)c1. The maximum absolute atomic E-state index is 9.30. The summed E-state index contributed by atoms with van der Waals surface area (Å²) in [4.78, 5) is 0. The number of aromatic hydroxyl groups is 1. The minimum Gasteiger partial charge on any atom is -0.508 e. The summed E-state index contributed by atoms with van der Waals surface area (Å²) in [7, 11) is 0. The summed E-state index contributed by atoms with van der Waals surface area (Å²) < 4.78 is 0. The second kappa shape index (κ2) is 5.03. The second-order valence-electron chi connectivity index (χ2n) is 4.12. The summed E-state index contributed by atoms with van der Waals surface area (Å²) >= 11 is 0. The van der Waals surface area contributed by atoms with Crippen LogP contribution in [-0.4, -0.2) is 24.7 Å². The zero-order chi connectivity index (χ0) is 10.5. The molecule has 2 rings (SSSR count). The van der Waals surface area contributed by atoms with Gasteiger partial charge >= 0.3 is 0 Å². The summed E-state index contributed by atoms with van der Waals surface area (Å²) in [6, 6.07) is 7.30. The number of phenols is 1. The molecular weight excluding hydrogens is 188 g/mol. The summed E-state index contributed by atoms with van der Waals surface area (Å²) in [5.41, 5.74) is 1.01. The monoisotopic (exact) mass is 206 g/mol. The Bertz CT molecular complexity index is 308. The Kier molecular flexibility index (Phi) is 3.45. The highest BCUT2D eigenvalue weighted by atomic mass is 16.3. The predicted molar refractivity (Wildman–Crippen MR) is 62.2 cm³/mol. The van der Waals surface area contributed by atoms with Crippen molar-refractivity contribution in [2.75, 3.05) is 25.0 Å². The third-order valence-corrected chi connectivity index (χ3v) is 2.90. The van der Waals surface area contributed by atoms with Crippen molar-refractivity contribution in [2.24, 2.45) is 5.92 Å². The normalized spacial score (nSPS) is 17.6. The molecule has 0 radical (unpaired) electrons. The average molecular weight is 206 g/mol. The third kappa shape index (κ3) is 3.13. The lowest BCUT2D eigenvalue weighted by atomic mass is 9.98. The molecule has 0 unspecified atom stereocenters. The molecule has 1 aliphatic rings. The highest BCUT2D eigenvalue weighted by Crippen LogP contribution is 2.17. The summed E-state index contributed by atoms with van der Waals surface area (Å²) in [5.74, 6) is 1.08. The zero-order valence-corrected chi connectivity index (χ0v) is 8.87. The molecule has 1 fully saturated rings. The van der Waals surface area contributed by atoms with Crippen molar-refractivity contribution in [1.29, 1.82) is 0 Å². The van der Waals surface area contributed by atoms with Crippen LogP contribution in [0.1, 0.15) is 12.8 Å². The lowest BCUT2D eigenvalue weighted by molar-refractivity contribution is 0.390. The van der Waals surface area contributed by atoms with E-state index in [2.05, 4.69) is 10.6 Å². The molecule has 1 aliphatic heterocycles. The zero-order valence-electron chi connectivity index (χ0n) is 8.87. The van der Waals surface area contributed by atoms with Gasteiger partial charge in [0.2, 0.25) is 0 Å². The highest BCUT2D eigenvalue weighted by molar-refractivity contribution is 5.47. The van der Waals surface area contributed by atoms with E-state index in [0.29, 0.717) is 5.75 Å². The first kappa shape index (κ1) is 10.3. The number of rotatable bonds is 3. The van der Waals surface area contributed by atoms with Crippen molar-refractivity contribution < 1.29 is 5.11 Å². The maximum Gasteiger partial charge on any atom is 0.117 e. The van der Waals surface area contributed by atoms with Gasteiger partial charge in [-0.3, -0.25) is 0 Å². The van der Waals surface area contributed by atoms with Gasteiger partial charge in [-0.1, -0.05) is 6.07 Å². The second-order valence-corrected chi connectivity index (χ2v) is 4.12. The van der Waals surface area contributed by atoms with Crippen LogP contribution >= 0.6 is 0 Å². The number of nitrogens with one attached hydrogen (secondary N) is 2. The van der Waals surface area contributed by atoms with Crippen molar-refractivity contribution in [3.63, 3.8) is 0 Å². The number of phenolic OH excluding ortho intramolecular Hbond substituents is 1. The predicted octanol–water partition coefficient (Wildman–Crippen LogP) is 1.80. The van der Waals surface area contributed by atoms with Gasteiger partial charge in [-0.25, -0.2) is 0 Å². The van der Waals surface area contributed by atoms with Crippen LogP contribution < -0.4 is 10.6 Å². The van der Waals surface area contributed by atoms with Crippen LogP contribution in [0.4, 0.5) is 5.69 Å². The lowest BCUT2D eigenvalue weighted by Crippen LogP contribution is -2.31. The van der Waals surface area contributed by atoms with Crippen molar-refractivity contribution in [1.82, 2.24) is 5.32 Å². The van der Waals surface area contributed by atoms with Crippen LogP contribution in [0, 0.1) is 5.92 Å². The van der Waals surface area contributed by atoms with E-state index >= 15 is 0 Å². The Morgan fingerprint density at radius 1 is 1.33 bits per heavy atom. The molecule has 0 aromatic heterocycles. The van der Waals surface area contributed by atoms with Crippen LogP contribution in [0.15, 0.2) is 24.3 Å². The fraction of sp³-hybridized carbons (Fsp3) is 0.500. The molecule has 0 atom stereocenters. The first-order valence-corrected chi connectivity index (χ1v) is 5.58. The molecule has 0 amide bonds.